The highest BCUT2D eigenvalue weighted by atomic mass is 35.5. The summed E-state index contributed by atoms with van der Waals surface area (Å²) in [7, 11) is 2.08. The van der Waals surface area contributed by atoms with Crippen molar-refractivity contribution in [1.29, 1.82) is 0 Å². The zero-order chi connectivity index (χ0) is 14.5. The lowest BCUT2D eigenvalue weighted by Crippen LogP contribution is -2.20. The Kier molecular flexibility index (Phi) is 5.10. The van der Waals surface area contributed by atoms with E-state index in [0.717, 1.165) is 36.1 Å². The Morgan fingerprint density at radius 1 is 1.25 bits per heavy atom. The van der Waals surface area contributed by atoms with Gasteiger partial charge in [-0.1, -0.05) is 24.6 Å². The Morgan fingerprint density at radius 2 is 2.05 bits per heavy atom. The molecule has 0 aliphatic heterocycles. The van der Waals surface area contributed by atoms with Crippen molar-refractivity contribution >= 4 is 17.3 Å². The van der Waals surface area contributed by atoms with E-state index in [0.29, 0.717) is 0 Å². The molecule has 0 bridgehead atoms. The molecule has 0 spiro atoms. The second-order valence-electron chi connectivity index (χ2n) is 4.91. The van der Waals surface area contributed by atoms with Crippen LogP contribution in [0.25, 0.3) is 0 Å². The molecule has 1 N–H and O–H groups in total. The molecule has 3 nitrogen and oxygen atoms in total. The second kappa shape index (κ2) is 6.82. The maximum atomic E-state index is 6.14. The van der Waals surface area contributed by atoms with E-state index < -0.39 is 0 Å². The lowest BCUT2D eigenvalue weighted by molar-refractivity contribution is 0.529. The summed E-state index contributed by atoms with van der Waals surface area (Å²) in [5.74, 6) is 0.965. The molecule has 0 amide bonds. The standard InChI is InChI=1S/C16H21ClN2O/c1-4-18-10-13-5-6-15(17)9-16(13)19(3)11-14-7-8-20-12(14)2/h5-9,18H,4,10-11H2,1-3H3. The molecule has 4 heteroatoms. The SMILES string of the molecule is CCNCc1ccc(Cl)cc1N(C)Cc1ccoc1C. The third-order valence-electron chi connectivity index (χ3n) is 3.40. The summed E-state index contributed by atoms with van der Waals surface area (Å²) >= 11 is 6.14. The molecule has 1 aromatic heterocycles. The number of halogens is 1. The van der Waals surface area contributed by atoms with Crippen molar-refractivity contribution < 1.29 is 4.42 Å². The number of furan rings is 1. The van der Waals surface area contributed by atoms with Crippen LogP contribution in [0.5, 0.6) is 0 Å². The largest absolute Gasteiger partial charge is 0.469 e. The van der Waals surface area contributed by atoms with Gasteiger partial charge in [-0.05, 0) is 37.2 Å². The van der Waals surface area contributed by atoms with Crippen molar-refractivity contribution in [2.24, 2.45) is 0 Å². The molecule has 0 saturated heterocycles. The van der Waals surface area contributed by atoms with E-state index in [1.54, 1.807) is 6.26 Å². The quantitative estimate of drug-likeness (QED) is 0.873. The Bertz CT molecular complexity index is 565. The van der Waals surface area contributed by atoms with E-state index in [1.807, 2.05) is 25.1 Å². The normalized spacial score (nSPS) is 10.8. The fourth-order valence-corrected chi connectivity index (χ4v) is 2.38. The number of benzene rings is 1. The van der Waals surface area contributed by atoms with Crippen LogP contribution in [0.15, 0.2) is 34.9 Å². The molecule has 108 valence electrons. The van der Waals surface area contributed by atoms with Crippen LogP contribution in [-0.2, 0) is 13.1 Å². The van der Waals surface area contributed by atoms with Gasteiger partial charge in [-0.3, -0.25) is 0 Å². The Morgan fingerprint density at radius 3 is 2.70 bits per heavy atom. The third kappa shape index (κ3) is 3.56. The average molecular weight is 293 g/mol. The smallest absolute Gasteiger partial charge is 0.105 e. The van der Waals surface area contributed by atoms with E-state index >= 15 is 0 Å². The summed E-state index contributed by atoms with van der Waals surface area (Å²) in [6.07, 6.45) is 1.73. The van der Waals surface area contributed by atoms with Gasteiger partial charge >= 0.3 is 0 Å². The highest BCUT2D eigenvalue weighted by molar-refractivity contribution is 6.30. The van der Waals surface area contributed by atoms with Gasteiger partial charge in [0.1, 0.15) is 5.76 Å². The number of nitrogens with one attached hydrogen (secondary N) is 1. The van der Waals surface area contributed by atoms with Crippen LogP contribution >= 0.6 is 11.6 Å². The minimum absolute atomic E-state index is 0.760. The number of rotatable bonds is 6. The number of hydrogen-bond donors (Lipinski definition) is 1. The Labute approximate surface area is 125 Å². The first kappa shape index (κ1) is 14.9. The highest BCUT2D eigenvalue weighted by Gasteiger charge is 2.11. The van der Waals surface area contributed by atoms with E-state index in [-0.39, 0.29) is 0 Å². The lowest BCUT2D eigenvalue weighted by atomic mass is 10.1. The van der Waals surface area contributed by atoms with E-state index in [2.05, 4.69) is 30.3 Å². The number of hydrogen-bond acceptors (Lipinski definition) is 3. The topological polar surface area (TPSA) is 28.4 Å². The molecule has 1 aromatic carbocycles. The molecule has 0 atom stereocenters. The van der Waals surface area contributed by atoms with Gasteiger partial charge in [0.05, 0.1) is 6.26 Å². The summed E-state index contributed by atoms with van der Waals surface area (Å²) in [4.78, 5) is 2.20. The van der Waals surface area contributed by atoms with Gasteiger partial charge in [0.2, 0.25) is 0 Å². The number of aryl methyl sites for hydroxylation is 1. The van der Waals surface area contributed by atoms with Crippen LogP contribution in [0, 0.1) is 6.92 Å². The van der Waals surface area contributed by atoms with Crippen LogP contribution in [0.4, 0.5) is 5.69 Å². The lowest BCUT2D eigenvalue weighted by Gasteiger charge is -2.23. The van der Waals surface area contributed by atoms with Crippen LogP contribution < -0.4 is 10.2 Å². The van der Waals surface area contributed by atoms with Gasteiger partial charge in [0.15, 0.2) is 0 Å². The molecule has 2 rings (SSSR count). The summed E-state index contributed by atoms with van der Waals surface area (Å²) < 4.78 is 5.36. The number of nitrogens with zero attached hydrogens (tertiary/aromatic N) is 1. The van der Waals surface area contributed by atoms with Gasteiger partial charge in [0.25, 0.3) is 0 Å². The van der Waals surface area contributed by atoms with E-state index in [9.17, 15) is 0 Å². The van der Waals surface area contributed by atoms with Gasteiger partial charge in [0, 0.05) is 36.4 Å². The molecule has 0 unspecified atom stereocenters. The average Bonchev–Trinajstić information content (AvgIpc) is 2.83. The first-order valence-corrected chi connectivity index (χ1v) is 7.23. The first-order valence-electron chi connectivity index (χ1n) is 6.85. The zero-order valence-electron chi connectivity index (χ0n) is 12.2. The maximum Gasteiger partial charge on any atom is 0.105 e. The fraction of sp³-hybridized carbons (Fsp3) is 0.375. The molecule has 2 aromatic rings. The van der Waals surface area contributed by atoms with E-state index in [4.69, 9.17) is 16.0 Å². The van der Waals surface area contributed by atoms with Gasteiger partial charge < -0.3 is 14.6 Å². The summed E-state index contributed by atoms with van der Waals surface area (Å²) in [5.41, 5.74) is 3.60. The minimum Gasteiger partial charge on any atom is -0.469 e. The highest BCUT2D eigenvalue weighted by Crippen LogP contribution is 2.26. The molecule has 0 fully saturated rings. The summed E-state index contributed by atoms with van der Waals surface area (Å²) in [6, 6.07) is 8.05. The predicted octanol–water partition coefficient (Wildman–Crippen LogP) is 3.99. The van der Waals surface area contributed by atoms with Crippen molar-refractivity contribution in [2.75, 3.05) is 18.5 Å². The maximum absolute atomic E-state index is 6.14. The first-order chi connectivity index (χ1) is 9.61. The van der Waals surface area contributed by atoms with Gasteiger partial charge in [-0.15, -0.1) is 0 Å². The van der Waals surface area contributed by atoms with Gasteiger partial charge in [-0.2, -0.15) is 0 Å². The second-order valence-corrected chi connectivity index (χ2v) is 5.35. The predicted molar refractivity (Wildman–Crippen MR) is 84.4 cm³/mol. The van der Waals surface area contributed by atoms with Crippen molar-refractivity contribution in [2.45, 2.75) is 26.9 Å². The van der Waals surface area contributed by atoms with Crippen LogP contribution in [0.1, 0.15) is 23.8 Å². The third-order valence-corrected chi connectivity index (χ3v) is 3.63. The Balaban J connectivity index is 2.21. The van der Waals surface area contributed by atoms with Crippen LogP contribution in [0.2, 0.25) is 5.02 Å². The monoisotopic (exact) mass is 292 g/mol. The molecule has 1 heterocycles. The van der Waals surface area contributed by atoms with Crippen LogP contribution in [-0.4, -0.2) is 13.6 Å². The summed E-state index contributed by atoms with van der Waals surface area (Å²) in [6.45, 7) is 6.70. The molecule has 20 heavy (non-hydrogen) atoms. The van der Waals surface area contributed by atoms with Crippen LogP contribution in [0.3, 0.4) is 0 Å². The van der Waals surface area contributed by atoms with Crippen molar-refractivity contribution in [3.63, 3.8) is 0 Å². The molecule has 0 saturated carbocycles. The minimum atomic E-state index is 0.760. The fourth-order valence-electron chi connectivity index (χ4n) is 2.22. The van der Waals surface area contributed by atoms with Crippen molar-refractivity contribution in [3.8, 4) is 0 Å². The molecule has 0 radical (unpaired) electrons. The van der Waals surface area contributed by atoms with Crippen molar-refractivity contribution in [3.05, 3.63) is 52.4 Å². The van der Waals surface area contributed by atoms with Gasteiger partial charge in [-0.25, -0.2) is 0 Å². The number of anilines is 1. The molecule has 0 aliphatic carbocycles. The summed E-state index contributed by atoms with van der Waals surface area (Å²) in [5, 5.41) is 4.12. The zero-order valence-corrected chi connectivity index (χ0v) is 13.0. The van der Waals surface area contributed by atoms with Crippen molar-refractivity contribution in [1.82, 2.24) is 5.32 Å². The molecular formula is C16H21ClN2O. The molecule has 0 aliphatic rings. The van der Waals surface area contributed by atoms with E-state index in [1.165, 1.54) is 11.1 Å². The molecular weight excluding hydrogens is 272 g/mol. The Hall–Kier alpha value is -1.45.